The molecule has 2 rings (SSSR count). The number of hydrogen-bond acceptors (Lipinski definition) is 3. The Labute approximate surface area is 113 Å². The second-order valence-corrected chi connectivity index (χ2v) is 7.39. The molecule has 0 aromatic heterocycles. The Balaban J connectivity index is 2.20. The van der Waals surface area contributed by atoms with E-state index in [4.69, 9.17) is 15.4 Å². The van der Waals surface area contributed by atoms with E-state index in [2.05, 4.69) is 0 Å². The summed E-state index contributed by atoms with van der Waals surface area (Å²) in [7, 11) is 1.70. The number of halogens is 1. The number of benzene rings is 1. The molecule has 5 heteroatoms. The summed E-state index contributed by atoms with van der Waals surface area (Å²) in [5.74, 6) is 1.41. The SMILES string of the molecule is Cc1c(OCC2CCC2)ccc(S(=O)(=O)Cl)c1C. The van der Waals surface area contributed by atoms with Gasteiger partial charge in [0, 0.05) is 10.7 Å². The van der Waals surface area contributed by atoms with Gasteiger partial charge in [0.05, 0.1) is 11.5 Å². The average Bonchev–Trinajstić information content (AvgIpc) is 2.20. The highest BCUT2D eigenvalue weighted by molar-refractivity contribution is 8.13. The van der Waals surface area contributed by atoms with Gasteiger partial charge in [0.2, 0.25) is 0 Å². The van der Waals surface area contributed by atoms with Crippen molar-refractivity contribution < 1.29 is 13.2 Å². The molecule has 0 N–H and O–H groups in total. The first kappa shape index (κ1) is 13.7. The van der Waals surface area contributed by atoms with Crippen molar-refractivity contribution in [1.29, 1.82) is 0 Å². The minimum Gasteiger partial charge on any atom is -0.493 e. The van der Waals surface area contributed by atoms with E-state index in [1.807, 2.05) is 6.92 Å². The molecular weight excluding hydrogens is 272 g/mol. The standard InChI is InChI=1S/C13H17ClO3S/c1-9-10(2)13(18(14,15)16)7-6-12(9)17-8-11-4-3-5-11/h6-7,11H,3-5,8H2,1-2H3. The normalized spacial score (nSPS) is 16.4. The van der Waals surface area contributed by atoms with Gasteiger partial charge in [0.25, 0.3) is 9.05 Å². The van der Waals surface area contributed by atoms with E-state index in [9.17, 15) is 8.42 Å². The van der Waals surface area contributed by atoms with Crippen molar-refractivity contribution in [2.45, 2.75) is 38.0 Å². The van der Waals surface area contributed by atoms with Crippen LogP contribution >= 0.6 is 10.7 Å². The molecule has 1 aromatic rings. The average molecular weight is 289 g/mol. The van der Waals surface area contributed by atoms with Crippen LogP contribution in [0.25, 0.3) is 0 Å². The molecule has 1 saturated carbocycles. The maximum Gasteiger partial charge on any atom is 0.261 e. The predicted octanol–water partition coefficient (Wildman–Crippen LogP) is 3.41. The van der Waals surface area contributed by atoms with Crippen LogP contribution in [0.1, 0.15) is 30.4 Å². The van der Waals surface area contributed by atoms with Crippen LogP contribution in [0.4, 0.5) is 0 Å². The minimum absolute atomic E-state index is 0.165. The lowest BCUT2D eigenvalue weighted by molar-refractivity contribution is 0.179. The molecule has 1 aliphatic rings. The summed E-state index contributed by atoms with van der Waals surface area (Å²) in [6, 6.07) is 3.21. The molecule has 18 heavy (non-hydrogen) atoms. The number of hydrogen-bond donors (Lipinski definition) is 0. The van der Waals surface area contributed by atoms with Crippen molar-refractivity contribution in [3.05, 3.63) is 23.3 Å². The van der Waals surface area contributed by atoms with Gasteiger partial charge in [-0.15, -0.1) is 0 Å². The molecule has 0 bridgehead atoms. The first-order valence-electron chi connectivity index (χ1n) is 6.07. The second-order valence-electron chi connectivity index (χ2n) is 4.86. The summed E-state index contributed by atoms with van der Waals surface area (Å²) in [6.45, 7) is 4.32. The van der Waals surface area contributed by atoms with Gasteiger partial charge in [-0.1, -0.05) is 6.42 Å². The van der Waals surface area contributed by atoms with Crippen molar-refractivity contribution in [3.63, 3.8) is 0 Å². The molecule has 100 valence electrons. The smallest absolute Gasteiger partial charge is 0.261 e. The Morgan fingerprint density at radius 1 is 1.28 bits per heavy atom. The summed E-state index contributed by atoms with van der Waals surface area (Å²) in [5.41, 5.74) is 1.51. The molecule has 0 amide bonds. The summed E-state index contributed by atoms with van der Waals surface area (Å²) in [5, 5.41) is 0. The molecule has 0 saturated heterocycles. The first-order chi connectivity index (χ1) is 8.39. The topological polar surface area (TPSA) is 43.4 Å². The Morgan fingerprint density at radius 3 is 2.44 bits per heavy atom. The van der Waals surface area contributed by atoms with Crippen LogP contribution in [0, 0.1) is 19.8 Å². The Bertz CT molecular complexity index is 548. The molecule has 0 unspecified atom stereocenters. The fraction of sp³-hybridized carbons (Fsp3) is 0.538. The van der Waals surface area contributed by atoms with Crippen molar-refractivity contribution in [2.24, 2.45) is 5.92 Å². The summed E-state index contributed by atoms with van der Waals surface area (Å²) in [6.07, 6.45) is 3.74. The molecule has 0 atom stereocenters. The molecule has 1 aliphatic carbocycles. The monoisotopic (exact) mass is 288 g/mol. The summed E-state index contributed by atoms with van der Waals surface area (Å²) in [4.78, 5) is 0.165. The van der Waals surface area contributed by atoms with Gasteiger partial charge in [-0.05, 0) is 55.9 Å². The molecule has 0 spiro atoms. The van der Waals surface area contributed by atoms with Gasteiger partial charge in [-0.3, -0.25) is 0 Å². The quantitative estimate of drug-likeness (QED) is 0.798. The third kappa shape index (κ3) is 2.81. The third-order valence-electron chi connectivity index (χ3n) is 3.65. The van der Waals surface area contributed by atoms with Crippen LogP contribution < -0.4 is 4.74 Å². The van der Waals surface area contributed by atoms with Crippen molar-refractivity contribution in [1.82, 2.24) is 0 Å². The minimum atomic E-state index is -3.68. The lowest BCUT2D eigenvalue weighted by Crippen LogP contribution is -2.19. The van der Waals surface area contributed by atoms with E-state index in [1.165, 1.54) is 25.3 Å². The van der Waals surface area contributed by atoms with Gasteiger partial charge >= 0.3 is 0 Å². The molecule has 1 fully saturated rings. The number of ether oxygens (including phenoxy) is 1. The molecule has 3 nitrogen and oxygen atoms in total. The first-order valence-corrected chi connectivity index (χ1v) is 8.38. The Hall–Kier alpha value is -0.740. The summed E-state index contributed by atoms with van der Waals surface area (Å²) >= 11 is 0. The van der Waals surface area contributed by atoms with Crippen LogP contribution in [0.5, 0.6) is 5.75 Å². The molecule has 1 aromatic carbocycles. The molecular formula is C13H17ClO3S. The summed E-state index contributed by atoms with van der Waals surface area (Å²) < 4.78 is 28.5. The predicted molar refractivity (Wildman–Crippen MR) is 71.8 cm³/mol. The van der Waals surface area contributed by atoms with Crippen LogP contribution in [-0.2, 0) is 9.05 Å². The van der Waals surface area contributed by atoms with Crippen LogP contribution in [0.3, 0.4) is 0 Å². The van der Waals surface area contributed by atoms with E-state index in [-0.39, 0.29) is 4.90 Å². The largest absolute Gasteiger partial charge is 0.493 e. The van der Waals surface area contributed by atoms with Crippen molar-refractivity contribution >= 4 is 19.7 Å². The van der Waals surface area contributed by atoms with Gasteiger partial charge < -0.3 is 4.74 Å². The molecule has 0 radical (unpaired) electrons. The zero-order chi connectivity index (χ0) is 13.3. The zero-order valence-electron chi connectivity index (χ0n) is 10.6. The molecule has 0 aliphatic heterocycles. The zero-order valence-corrected chi connectivity index (χ0v) is 12.1. The van der Waals surface area contributed by atoms with Gasteiger partial charge in [-0.25, -0.2) is 8.42 Å². The lowest BCUT2D eigenvalue weighted by Gasteiger charge is -2.25. The Morgan fingerprint density at radius 2 is 1.94 bits per heavy atom. The maximum absolute atomic E-state index is 11.4. The van der Waals surface area contributed by atoms with E-state index in [1.54, 1.807) is 13.0 Å². The van der Waals surface area contributed by atoms with Crippen LogP contribution in [0.15, 0.2) is 17.0 Å². The van der Waals surface area contributed by atoms with E-state index < -0.39 is 9.05 Å². The highest BCUT2D eigenvalue weighted by Crippen LogP contribution is 2.31. The van der Waals surface area contributed by atoms with Crippen molar-refractivity contribution in [3.8, 4) is 5.75 Å². The van der Waals surface area contributed by atoms with E-state index in [0.29, 0.717) is 18.1 Å². The third-order valence-corrected chi connectivity index (χ3v) is 5.12. The van der Waals surface area contributed by atoms with Crippen LogP contribution in [-0.4, -0.2) is 15.0 Å². The number of rotatable bonds is 4. The van der Waals surface area contributed by atoms with Gasteiger partial charge in [0.1, 0.15) is 5.75 Å². The molecule has 0 heterocycles. The van der Waals surface area contributed by atoms with Crippen LogP contribution in [0.2, 0.25) is 0 Å². The maximum atomic E-state index is 11.4. The highest BCUT2D eigenvalue weighted by Gasteiger charge is 2.20. The highest BCUT2D eigenvalue weighted by atomic mass is 35.7. The fourth-order valence-electron chi connectivity index (χ4n) is 2.06. The van der Waals surface area contributed by atoms with E-state index in [0.717, 1.165) is 11.3 Å². The van der Waals surface area contributed by atoms with Gasteiger partial charge in [0.15, 0.2) is 0 Å². The Kier molecular flexibility index (Phi) is 3.87. The fourth-order valence-corrected chi connectivity index (χ4v) is 3.31. The lowest BCUT2D eigenvalue weighted by atomic mass is 9.86. The van der Waals surface area contributed by atoms with Gasteiger partial charge in [-0.2, -0.15) is 0 Å². The van der Waals surface area contributed by atoms with Crippen molar-refractivity contribution in [2.75, 3.05) is 6.61 Å². The van der Waals surface area contributed by atoms with E-state index >= 15 is 0 Å². The second kappa shape index (κ2) is 5.10.